The number of carbonyl (C=O) groups excluding carboxylic acids is 1. The fraction of sp³-hybridized carbons (Fsp3) is 0.533. The second-order valence-electron chi connectivity index (χ2n) is 5.10. The second kappa shape index (κ2) is 6.43. The van der Waals surface area contributed by atoms with E-state index < -0.39 is 0 Å². The number of amides is 1. The molecule has 1 amide bonds. The summed E-state index contributed by atoms with van der Waals surface area (Å²) in [5, 5.41) is 2.92. The number of nitrogens with one attached hydrogen (secondary N) is 1. The molecule has 18 heavy (non-hydrogen) atoms. The van der Waals surface area contributed by atoms with Crippen LogP contribution in [0.1, 0.15) is 44.7 Å². The van der Waals surface area contributed by atoms with Crippen molar-refractivity contribution >= 4 is 5.91 Å². The van der Waals surface area contributed by atoms with E-state index in [9.17, 15) is 4.79 Å². The average molecular weight is 249 g/mol. The number of hydrogen-bond donors (Lipinski definition) is 1. The maximum Gasteiger partial charge on any atom is 0.222 e. The van der Waals surface area contributed by atoms with Crippen molar-refractivity contribution in [3.8, 4) is 5.75 Å². The van der Waals surface area contributed by atoms with Gasteiger partial charge in [0, 0.05) is 12.5 Å². The molecule has 1 N–H and O–H groups in total. The third kappa shape index (κ3) is 3.76. The Labute approximate surface area is 110 Å². The molecule has 0 spiro atoms. The topological polar surface area (TPSA) is 38.3 Å². The Morgan fingerprint density at radius 1 is 1.28 bits per heavy atom. The van der Waals surface area contributed by atoms with Crippen molar-refractivity contribution in [3.05, 3.63) is 29.3 Å². The first-order chi connectivity index (χ1) is 8.45. The van der Waals surface area contributed by atoms with Gasteiger partial charge in [-0.2, -0.15) is 0 Å². The van der Waals surface area contributed by atoms with Gasteiger partial charge < -0.3 is 10.1 Å². The molecule has 0 aliphatic carbocycles. The molecule has 0 unspecified atom stereocenters. The predicted octanol–water partition coefficient (Wildman–Crippen LogP) is 3.09. The Bertz CT molecular complexity index is 411. The molecule has 100 valence electrons. The summed E-state index contributed by atoms with van der Waals surface area (Å²) in [4.78, 5) is 11.5. The van der Waals surface area contributed by atoms with Crippen LogP contribution in [0.5, 0.6) is 5.75 Å². The zero-order valence-electron chi connectivity index (χ0n) is 11.9. The molecule has 0 aromatic heterocycles. The summed E-state index contributed by atoms with van der Waals surface area (Å²) in [5.74, 6) is 1.41. The fourth-order valence-electron chi connectivity index (χ4n) is 1.74. The molecule has 0 radical (unpaired) electrons. The van der Waals surface area contributed by atoms with E-state index in [0.29, 0.717) is 12.5 Å². The first kappa shape index (κ1) is 14.6. The van der Waals surface area contributed by atoms with Crippen LogP contribution in [0.2, 0.25) is 0 Å². The highest BCUT2D eigenvalue weighted by molar-refractivity contribution is 5.77. The minimum Gasteiger partial charge on any atom is -0.496 e. The quantitative estimate of drug-likeness (QED) is 0.871. The number of benzene rings is 1. The van der Waals surface area contributed by atoms with E-state index in [1.54, 1.807) is 7.11 Å². The molecule has 0 saturated carbocycles. The zero-order valence-corrected chi connectivity index (χ0v) is 11.9. The van der Waals surface area contributed by atoms with Crippen molar-refractivity contribution in [2.24, 2.45) is 5.92 Å². The summed E-state index contributed by atoms with van der Waals surface area (Å²) in [6, 6.07) is 6.06. The summed E-state index contributed by atoms with van der Waals surface area (Å²) in [6.07, 6.45) is 0. The van der Waals surface area contributed by atoms with E-state index in [4.69, 9.17) is 4.74 Å². The molecule has 0 saturated heterocycles. The highest BCUT2D eigenvalue weighted by Gasteiger charge is 2.10. The van der Waals surface area contributed by atoms with E-state index in [2.05, 4.69) is 25.2 Å². The van der Waals surface area contributed by atoms with Crippen molar-refractivity contribution < 1.29 is 9.53 Å². The SMILES string of the molecule is COc1ccc(CNC(=O)C(C)C)cc1C(C)C. The Morgan fingerprint density at radius 2 is 1.94 bits per heavy atom. The molecular formula is C15H23NO2. The lowest BCUT2D eigenvalue weighted by atomic mass is 9.99. The van der Waals surface area contributed by atoms with E-state index in [-0.39, 0.29) is 11.8 Å². The maximum absolute atomic E-state index is 11.5. The van der Waals surface area contributed by atoms with Gasteiger partial charge in [-0.1, -0.05) is 39.8 Å². The van der Waals surface area contributed by atoms with Gasteiger partial charge in [0.05, 0.1) is 7.11 Å². The average Bonchev–Trinajstić information content (AvgIpc) is 2.35. The Morgan fingerprint density at radius 3 is 2.44 bits per heavy atom. The third-order valence-electron chi connectivity index (χ3n) is 2.91. The molecule has 1 aromatic rings. The highest BCUT2D eigenvalue weighted by atomic mass is 16.5. The number of hydrogen-bond acceptors (Lipinski definition) is 2. The molecule has 3 nitrogen and oxygen atoms in total. The summed E-state index contributed by atoms with van der Waals surface area (Å²) < 4.78 is 5.34. The molecule has 0 atom stereocenters. The molecule has 3 heteroatoms. The Hall–Kier alpha value is -1.51. The number of methoxy groups -OCH3 is 1. The maximum atomic E-state index is 11.5. The van der Waals surface area contributed by atoms with Gasteiger partial charge in [0.15, 0.2) is 0 Å². The number of carbonyl (C=O) groups is 1. The standard InChI is InChI=1S/C15H23NO2/c1-10(2)13-8-12(6-7-14(13)18-5)9-16-15(17)11(3)4/h6-8,10-11H,9H2,1-5H3,(H,16,17). The lowest BCUT2D eigenvalue weighted by Gasteiger charge is -2.14. The fourth-order valence-corrected chi connectivity index (χ4v) is 1.74. The van der Waals surface area contributed by atoms with Crippen LogP contribution in [0.3, 0.4) is 0 Å². The minimum atomic E-state index is 0.0211. The summed E-state index contributed by atoms with van der Waals surface area (Å²) in [5.41, 5.74) is 2.28. The van der Waals surface area contributed by atoms with E-state index in [0.717, 1.165) is 11.3 Å². The van der Waals surface area contributed by atoms with Crippen molar-refractivity contribution in [2.45, 2.75) is 40.2 Å². The van der Waals surface area contributed by atoms with Crippen LogP contribution >= 0.6 is 0 Å². The van der Waals surface area contributed by atoms with Gasteiger partial charge in [-0.3, -0.25) is 4.79 Å². The smallest absolute Gasteiger partial charge is 0.222 e. The largest absolute Gasteiger partial charge is 0.496 e. The van der Waals surface area contributed by atoms with Crippen LogP contribution in [0.25, 0.3) is 0 Å². The van der Waals surface area contributed by atoms with E-state index in [1.165, 1.54) is 5.56 Å². The number of ether oxygens (including phenoxy) is 1. The van der Waals surface area contributed by atoms with E-state index >= 15 is 0 Å². The second-order valence-corrected chi connectivity index (χ2v) is 5.10. The monoisotopic (exact) mass is 249 g/mol. The molecule has 1 aromatic carbocycles. The van der Waals surface area contributed by atoms with Crippen LogP contribution in [0.4, 0.5) is 0 Å². The first-order valence-corrected chi connectivity index (χ1v) is 6.40. The third-order valence-corrected chi connectivity index (χ3v) is 2.91. The van der Waals surface area contributed by atoms with E-state index in [1.807, 2.05) is 26.0 Å². The number of rotatable bonds is 5. The first-order valence-electron chi connectivity index (χ1n) is 6.40. The summed E-state index contributed by atoms with van der Waals surface area (Å²) in [6.45, 7) is 8.62. The van der Waals surface area contributed by atoms with Gasteiger partial charge in [0.2, 0.25) is 5.91 Å². The van der Waals surface area contributed by atoms with Gasteiger partial charge in [-0.05, 0) is 23.1 Å². The van der Waals surface area contributed by atoms with Gasteiger partial charge in [0.1, 0.15) is 5.75 Å². The predicted molar refractivity (Wildman–Crippen MR) is 73.8 cm³/mol. The lowest BCUT2D eigenvalue weighted by Crippen LogP contribution is -2.27. The minimum absolute atomic E-state index is 0.0211. The highest BCUT2D eigenvalue weighted by Crippen LogP contribution is 2.27. The molecule has 0 aliphatic rings. The van der Waals surface area contributed by atoms with Gasteiger partial charge in [-0.15, -0.1) is 0 Å². The lowest BCUT2D eigenvalue weighted by molar-refractivity contribution is -0.124. The van der Waals surface area contributed by atoms with Crippen molar-refractivity contribution in [1.29, 1.82) is 0 Å². The zero-order chi connectivity index (χ0) is 13.7. The van der Waals surface area contributed by atoms with Gasteiger partial charge in [0.25, 0.3) is 0 Å². The van der Waals surface area contributed by atoms with Crippen LogP contribution in [-0.4, -0.2) is 13.0 Å². The van der Waals surface area contributed by atoms with Gasteiger partial charge >= 0.3 is 0 Å². The van der Waals surface area contributed by atoms with Crippen molar-refractivity contribution in [3.63, 3.8) is 0 Å². The van der Waals surface area contributed by atoms with Crippen LogP contribution < -0.4 is 10.1 Å². The molecule has 0 fully saturated rings. The van der Waals surface area contributed by atoms with Crippen LogP contribution in [0, 0.1) is 5.92 Å². The molecule has 0 heterocycles. The van der Waals surface area contributed by atoms with Crippen LogP contribution in [-0.2, 0) is 11.3 Å². The Kier molecular flexibility index (Phi) is 5.20. The Balaban J connectivity index is 2.79. The van der Waals surface area contributed by atoms with Crippen LogP contribution in [0.15, 0.2) is 18.2 Å². The normalized spacial score (nSPS) is 10.8. The molecule has 0 bridgehead atoms. The summed E-state index contributed by atoms with van der Waals surface area (Å²) >= 11 is 0. The van der Waals surface area contributed by atoms with Gasteiger partial charge in [-0.25, -0.2) is 0 Å². The molecular weight excluding hydrogens is 226 g/mol. The summed E-state index contributed by atoms with van der Waals surface area (Å²) in [7, 11) is 1.68. The molecule has 0 aliphatic heterocycles. The van der Waals surface area contributed by atoms with Crippen molar-refractivity contribution in [1.82, 2.24) is 5.32 Å². The van der Waals surface area contributed by atoms with Crippen molar-refractivity contribution in [2.75, 3.05) is 7.11 Å². The molecule has 1 rings (SSSR count).